The van der Waals surface area contributed by atoms with Crippen LogP contribution in [0.25, 0.3) is 0 Å². The first-order valence-electron chi connectivity index (χ1n) is 5.74. The summed E-state index contributed by atoms with van der Waals surface area (Å²) in [5, 5.41) is 0. The van der Waals surface area contributed by atoms with Gasteiger partial charge in [0, 0.05) is 13.0 Å². The fraction of sp³-hybridized carbons (Fsp3) is 0.833. The third-order valence-electron chi connectivity index (χ3n) is 2.52. The Kier molecular flexibility index (Phi) is 3.61. The quantitative estimate of drug-likeness (QED) is 0.690. The maximum atomic E-state index is 11.9. The predicted molar refractivity (Wildman–Crippen MR) is 61.2 cm³/mol. The molecular weight excluding hydrogens is 206 g/mol. The Morgan fingerprint density at radius 3 is 2.44 bits per heavy atom. The third-order valence-corrected chi connectivity index (χ3v) is 2.52. The van der Waals surface area contributed by atoms with Gasteiger partial charge in [-0.15, -0.1) is 0 Å². The molecule has 4 nitrogen and oxygen atoms in total. The number of Topliss-reactive ketones (excluding diaryl/α,β-unsaturated/α-hetero) is 1. The van der Waals surface area contributed by atoms with Gasteiger partial charge in [-0.3, -0.25) is 9.69 Å². The van der Waals surface area contributed by atoms with Crippen molar-refractivity contribution in [2.45, 2.75) is 52.7 Å². The maximum absolute atomic E-state index is 11.9. The zero-order valence-electron chi connectivity index (χ0n) is 10.7. The third kappa shape index (κ3) is 2.97. The first kappa shape index (κ1) is 13.0. The summed E-state index contributed by atoms with van der Waals surface area (Å²) in [6, 6.07) is -0.310. The molecule has 1 atom stereocenters. The van der Waals surface area contributed by atoms with E-state index in [0.717, 1.165) is 0 Å². The van der Waals surface area contributed by atoms with Gasteiger partial charge in [-0.25, -0.2) is 4.79 Å². The van der Waals surface area contributed by atoms with Crippen LogP contribution in [0.4, 0.5) is 4.79 Å². The second kappa shape index (κ2) is 4.44. The molecule has 1 aliphatic rings. The molecule has 1 unspecified atom stereocenters. The van der Waals surface area contributed by atoms with Gasteiger partial charge in [-0.1, -0.05) is 13.8 Å². The van der Waals surface area contributed by atoms with E-state index in [2.05, 4.69) is 0 Å². The van der Waals surface area contributed by atoms with Crippen LogP contribution < -0.4 is 0 Å². The molecule has 0 aliphatic carbocycles. The number of carbonyl (C=O) groups is 2. The van der Waals surface area contributed by atoms with E-state index < -0.39 is 5.60 Å². The van der Waals surface area contributed by atoms with Crippen LogP contribution in [0.1, 0.15) is 41.0 Å². The highest BCUT2D eigenvalue weighted by Gasteiger charge is 2.39. The summed E-state index contributed by atoms with van der Waals surface area (Å²) in [7, 11) is 0. The Morgan fingerprint density at radius 2 is 2.00 bits per heavy atom. The zero-order chi connectivity index (χ0) is 12.5. The van der Waals surface area contributed by atoms with E-state index in [1.807, 2.05) is 34.6 Å². The highest BCUT2D eigenvalue weighted by molar-refractivity contribution is 5.90. The second-order valence-corrected chi connectivity index (χ2v) is 5.58. The Morgan fingerprint density at radius 1 is 1.44 bits per heavy atom. The smallest absolute Gasteiger partial charge is 0.410 e. The van der Waals surface area contributed by atoms with Crippen LogP contribution in [0.5, 0.6) is 0 Å². The van der Waals surface area contributed by atoms with Crippen LogP contribution in [0.2, 0.25) is 0 Å². The molecule has 16 heavy (non-hydrogen) atoms. The van der Waals surface area contributed by atoms with Gasteiger partial charge in [0.05, 0.1) is 6.04 Å². The highest BCUT2D eigenvalue weighted by Crippen LogP contribution is 2.23. The van der Waals surface area contributed by atoms with Gasteiger partial charge in [-0.2, -0.15) is 0 Å². The zero-order valence-corrected chi connectivity index (χ0v) is 10.7. The van der Waals surface area contributed by atoms with E-state index in [1.165, 1.54) is 0 Å². The van der Waals surface area contributed by atoms with Gasteiger partial charge in [0.1, 0.15) is 5.60 Å². The lowest BCUT2D eigenvalue weighted by Gasteiger charge is -2.29. The minimum Gasteiger partial charge on any atom is -0.444 e. The van der Waals surface area contributed by atoms with E-state index in [-0.39, 0.29) is 23.8 Å². The van der Waals surface area contributed by atoms with Crippen molar-refractivity contribution in [3.63, 3.8) is 0 Å². The molecule has 1 amide bonds. The van der Waals surface area contributed by atoms with E-state index in [9.17, 15) is 9.59 Å². The molecule has 0 spiro atoms. The molecule has 0 radical (unpaired) electrons. The second-order valence-electron chi connectivity index (χ2n) is 5.58. The molecule has 1 fully saturated rings. The first-order valence-corrected chi connectivity index (χ1v) is 5.74. The molecule has 4 heteroatoms. The van der Waals surface area contributed by atoms with Crippen LogP contribution >= 0.6 is 0 Å². The van der Waals surface area contributed by atoms with Crippen molar-refractivity contribution in [2.75, 3.05) is 6.54 Å². The first-order chi connectivity index (χ1) is 7.22. The number of carbonyl (C=O) groups excluding carboxylic acids is 2. The molecule has 0 aromatic rings. The van der Waals surface area contributed by atoms with Crippen LogP contribution in [0.3, 0.4) is 0 Å². The number of likely N-dealkylation sites (tertiary alicyclic amines) is 1. The van der Waals surface area contributed by atoms with Gasteiger partial charge in [0.2, 0.25) is 0 Å². The summed E-state index contributed by atoms with van der Waals surface area (Å²) in [5.74, 6) is 0.281. The normalized spacial score (nSPS) is 21.8. The van der Waals surface area contributed by atoms with E-state index >= 15 is 0 Å². The summed E-state index contributed by atoms with van der Waals surface area (Å²) in [4.78, 5) is 25.1. The van der Waals surface area contributed by atoms with Crippen molar-refractivity contribution in [1.29, 1.82) is 0 Å². The van der Waals surface area contributed by atoms with E-state index in [4.69, 9.17) is 4.74 Å². The predicted octanol–water partition coefficient (Wildman–Crippen LogP) is 2.22. The largest absolute Gasteiger partial charge is 0.444 e. The molecule has 0 aromatic heterocycles. The fourth-order valence-electron chi connectivity index (χ4n) is 1.95. The van der Waals surface area contributed by atoms with Crippen LogP contribution in [0, 0.1) is 5.92 Å². The molecule has 0 saturated carbocycles. The summed E-state index contributed by atoms with van der Waals surface area (Å²) < 4.78 is 5.29. The lowest BCUT2D eigenvalue weighted by atomic mass is 10.0. The topological polar surface area (TPSA) is 46.6 Å². The minimum atomic E-state index is -0.510. The van der Waals surface area contributed by atoms with Crippen molar-refractivity contribution in [1.82, 2.24) is 4.90 Å². The monoisotopic (exact) mass is 227 g/mol. The number of ketones is 1. The lowest BCUT2D eigenvalue weighted by Crippen LogP contribution is -2.44. The molecule has 0 aromatic carbocycles. The van der Waals surface area contributed by atoms with Gasteiger partial charge in [0.25, 0.3) is 0 Å². The summed E-state index contributed by atoms with van der Waals surface area (Å²) in [6.07, 6.45) is 0.0688. The Labute approximate surface area is 96.9 Å². The molecule has 0 bridgehead atoms. The lowest BCUT2D eigenvalue weighted by molar-refractivity contribution is -0.121. The number of hydrogen-bond acceptors (Lipinski definition) is 3. The highest BCUT2D eigenvalue weighted by atomic mass is 16.6. The summed E-state index contributed by atoms with van der Waals surface area (Å²) in [6.45, 7) is 9.86. The minimum absolute atomic E-state index is 0.140. The number of nitrogens with zero attached hydrogens (tertiary/aromatic N) is 1. The average Bonchev–Trinajstić information content (AvgIpc) is 2.43. The van der Waals surface area contributed by atoms with Crippen molar-refractivity contribution in [2.24, 2.45) is 5.92 Å². The Balaban J connectivity index is 2.73. The van der Waals surface area contributed by atoms with Gasteiger partial charge in [-0.05, 0) is 26.7 Å². The number of ether oxygens (including phenoxy) is 1. The van der Waals surface area contributed by atoms with Crippen LogP contribution in [0.15, 0.2) is 0 Å². The average molecular weight is 227 g/mol. The van der Waals surface area contributed by atoms with Gasteiger partial charge < -0.3 is 4.74 Å². The van der Waals surface area contributed by atoms with Gasteiger partial charge in [0.15, 0.2) is 5.78 Å². The SMILES string of the molecule is CC(C)C1C(=O)CCN1C(=O)OC(C)(C)C. The molecule has 0 N–H and O–H groups in total. The standard InChI is InChI=1S/C12H21NO3/c1-8(2)10-9(14)6-7-13(10)11(15)16-12(3,4)5/h8,10H,6-7H2,1-5H3. The van der Waals surface area contributed by atoms with Crippen molar-refractivity contribution >= 4 is 11.9 Å². The molecular formula is C12H21NO3. The number of hydrogen-bond donors (Lipinski definition) is 0. The van der Waals surface area contributed by atoms with Crippen molar-refractivity contribution in [3.8, 4) is 0 Å². The Hall–Kier alpha value is -1.06. The number of amides is 1. The number of rotatable bonds is 1. The molecule has 1 rings (SSSR count). The molecule has 92 valence electrons. The van der Waals surface area contributed by atoms with Gasteiger partial charge >= 0.3 is 6.09 Å². The molecule has 1 aliphatic heterocycles. The summed E-state index contributed by atoms with van der Waals surface area (Å²) in [5.41, 5.74) is -0.510. The van der Waals surface area contributed by atoms with E-state index in [1.54, 1.807) is 4.90 Å². The Bertz CT molecular complexity index is 291. The fourth-order valence-corrected chi connectivity index (χ4v) is 1.95. The van der Waals surface area contributed by atoms with Crippen LogP contribution in [-0.4, -0.2) is 35.0 Å². The van der Waals surface area contributed by atoms with Crippen molar-refractivity contribution < 1.29 is 14.3 Å². The molecule has 1 heterocycles. The maximum Gasteiger partial charge on any atom is 0.410 e. The van der Waals surface area contributed by atoms with Crippen molar-refractivity contribution in [3.05, 3.63) is 0 Å². The van der Waals surface area contributed by atoms with Crippen LogP contribution in [-0.2, 0) is 9.53 Å². The van der Waals surface area contributed by atoms with E-state index in [0.29, 0.717) is 13.0 Å². The molecule has 1 saturated heterocycles. The summed E-state index contributed by atoms with van der Waals surface area (Å²) >= 11 is 0.